The van der Waals surface area contributed by atoms with Crippen LogP contribution in [0.4, 0.5) is 15.8 Å². The summed E-state index contributed by atoms with van der Waals surface area (Å²) in [6.07, 6.45) is 7.29. The van der Waals surface area contributed by atoms with Gasteiger partial charge in [0.2, 0.25) is 0 Å². The number of nitrogens with one attached hydrogen (secondary N) is 3. The summed E-state index contributed by atoms with van der Waals surface area (Å²) >= 11 is 1.40. The molecule has 2 aliphatic rings. The number of hydrogen-bond acceptors (Lipinski definition) is 8. The smallest absolute Gasteiger partial charge is 0.255 e. The van der Waals surface area contributed by atoms with E-state index in [1.807, 2.05) is 30.4 Å². The number of hydrogen-bond donors (Lipinski definition) is 4. The van der Waals surface area contributed by atoms with Gasteiger partial charge in [0.05, 0.1) is 22.5 Å². The maximum absolute atomic E-state index is 15.6. The Bertz CT molecular complexity index is 2090. The van der Waals surface area contributed by atoms with Crippen molar-refractivity contribution >= 4 is 45.7 Å². The normalized spacial score (nSPS) is 13.8. The summed E-state index contributed by atoms with van der Waals surface area (Å²) in [6, 6.07) is 17.4. The number of rotatable bonds is 6. The van der Waals surface area contributed by atoms with Crippen molar-refractivity contribution in [2.24, 2.45) is 10.7 Å². The number of allylic oxidation sites excluding steroid dienone is 3. The lowest BCUT2D eigenvalue weighted by Crippen LogP contribution is -2.18. The summed E-state index contributed by atoms with van der Waals surface area (Å²) in [5.41, 5.74) is 12.9. The maximum Gasteiger partial charge on any atom is 0.255 e. The number of nitrogens with zero attached hydrogens (tertiary/aromatic N) is 3. The van der Waals surface area contributed by atoms with Crippen molar-refractivity contribution < 1.29 is 14.0 Å². The van der Waals surface area contributed by atoms with Crippen molar-refractivity contribution in [3.63, 3.8) is 0 Å². The van der Waals surface area contributed by atoms with Crippen LogP contribution in [0, 0.1) is 5.82 Å². The van der Waals surface area contributed by atoms with E-state index in [2.05, 4.69) is 20.6 Å². The molecule has 0 radical (unpaired) electrons. The highest BCUT2D eigenvalue weighted by Gasteiger charge is 2.26. The van der Waals surface area contributed by atoms with Crippen molar-refractivity contribution in [3.8, 4) is 11.1 Å². The lowest BCUT2D eigenvalue weighted by atomic mass is 9.98. The molecule has 0 unspecified atom stereocenters. The minimum atomic E-state index is -0.451. The van der Waals surface area contributed by atoms with E-state index in [1.54, 1.807) is 49.5 Å². The van der Waals surface area contributed by atoms with Crippen LogP contribution in [0.1, 0.15) is 54.6 Å². The number of imidazole rings is 1. The first kappa shape index (κ1) is 28.1. The van der Waals surface area contributed by atoms with Gasteiger partial charge in [-0.1, -0.05) is 18.2 Å². The number of benzene rings is 2. The molecular weight excluding hydrogens is 589 g/mol. The van der Waals surface area contributed by atoms with Gasteiger partial charge in [0, 0.05) is 62.4 Å². The molecule has 45 heavy (non-hydrogen) atoms. The van der Waals surface area contributed by atoms with Gasteiger partial charge in [-0.3, -0.25) is 19.6 Å². The predicted octanol–water partition coefficient (Wildman–Crippen LogP) is 6.18. The van der Waals surface area contributed by atoms with Gasteiger partial charge in [-0.2, -0.15) is 0 Å². The fourth-order valence-electron chi connectivity index (χ4n) is 5.35. The van der Waals surface area contributed by atoms with Gasteiger partial charge in [0.15, 0.2) is 11.6 Å². The first-order valence-corrected chi connectivity index (χ1v) is 15.0. The highest BCUT2D eigenvalue weighted by molar-refractivity contribution is 7.15. The van der Waals surface area contributed by atoms with Crippen molar-refractivity contribution in [3.05, 3.63) is 135 Å². The first-order chi connectivity index (χ1) is 21.8. The number of halogens is 1. The summed E-state index contributed by atoms with van der Waals surface area (Å²) in [5, 5.41) is 5.99. The zero-order valence-electron chi connectivity index (χ0n) is 24.0. The van der Waals surface area contributed by atoms with E-state index in [1.165, 1.54) is 23.6 Å². The Morgan fingerprint density at radius 3 is 2.67 bits per heavy atom. The summed E-state index contributed by atoms with van der Waals surface area (Å²) < 4.78 is 15.6. The van der Waals surface area contributed by atoms with Crippen LogP contribution in [0.25, 0.3) is 16.7 Å². The number of H-pyrrole nitrogens is 1. The highest BCUT2D eigenvalue weighted by Crippen LogP contribution is 2.36. The van der Waals surface area contributed by atoms with Gasteiger partial charge in [-0.15, -0.1) is 11.3 Å². The Hall–Kier alpha value is -5.68. The van der Waals surface area contributed by atoms with E-state index in [9.17, 15) is 9.59 Å². The number of aromatic nitrogens is 3. The molecule has 7 rings (SSSR count). The number of fused-ring (bicyclic) bond motifs is 2. The number of Topliss-reactive ketones (excluding diaryl/α,β-unsaturated/α-hetero) is 1. The third kappa shape index (κ3) is 5.45. The number of thiophene rings is 1. The number of nitrogens with two attached hydrogens (primary N) is 1. The molecule has 0 atom stereocenters. The summed E-state index contributed by atoms with van der Waals surface area (Å²) in [4.78, 5) is 43.6. The molecule has 0 fully saturated rings. The van der Waals surface area contributed by atoms with E-state index in [0.717, 1.165) is 21.8 Å². The van der Waals surface area contributed by atoms with Crippen LogP contribution >= 0.6 is 11.3 Å². The average molecular weight is 616 g/mol. The van der Waals surface area contributed by atoms with E-state index >= 15 is 4.39 Å². The number of aliphatic imine (C=N–C) groups is 1. The number of pyridine rings is 1. The summed E-state index contributed by atoms with van der Waals surface area (Å²) in [5.74, 6) is -0.221. The molecule has 1 aliphatic heterocycles. The Balaban J connectivity index is 1.24. The molecule has 1 aliphatic carbocycles. The molecule has 0 spiro atoms. The number of carbonyl (C=O) groups is 2. The van der Waals surface area contributed by atoms with Gasteiger partial charge in [-0.25, -0.2) is 9.37 Å². The fraction of sp³-hybridized carbons (Fsp3) is 0.0882. The maximum atomic E-state index is 15.6. The lowest BCUT2D eigenvalue weighted by Gasteiger charge is -2.19. The Labute approximate surface area is 261 Å². The van der Waals surface area contributed by atoms with Crippen molar-refractivity contribution in [2.45, 2.75) is 13.3 Å². The van der Waals surface area contributed by atoms with E-state index in [4.69, 9.17) is 15.7 Å². The molecule has 5 aromatic rings. The molecule has 11 heteroatoms. The number of amides is 1. The largest absolute Gasteiger partial charge is 0.402 e. The van der Waals surface area contributed by atoms with Crippen LogP contribution < -0.4 is 16.4 Å². The molecule has 9 nitrogen and oxygen atoms in total. The molecule has 5 N–H and O–H groups in total. The van der Waals surface area contributed by atoms with Crippen molar-refractivity contribution in [1.29, 1.82) is 0 Å². The zero-order chi connectivity index (χ0) is 31.1. The minimum Gasteiger partial charge on any atom is -0.402 e. The summed E-state index contributed by atoms with van der Waals surface area (Å²) in [6.45, 7) is 1.79. The van der Waals surface area contributed by atoms with Gasteiger partial charge in [0.25, 0.3) is 5.91 Å². The minimum absolute atomic E-state index is 0.00137. The molecule has 4 heterocycles. The molecule has 3 aromatic heterocycles. The summed E-state index contributed by atoms with van der Waals surface area (Å²) in [7, 11) is 0. The molecular formula is C34H26FN7O2S. The monoisotopic (exact) mass is 615 g/mol. The number of anilines is 2. The predicted molar refractivity (Wildman–Crippen MR) is 174 cm³/mol. The number of aromatic amines is 1. The van der Waals surface area contributed by atoms with Gasteiger partial charge in [-0.05, 0) is 61.5 Å². The van der Waals surface area contributed by atoms with Gasteiger partial charge < -0.3 is 21.4 Å². The quantitative estimate of drug-likeness (QED) is 0.168. The highest BCUT2D eigenvalue weighted by atomic mass is 32.1. The molecule has 1 amide bonds. The molecule has 2 aromatic carbocycles. The third-order valence-electron chi connectivity index (χ3n) is 7.53. The lowest BCUT2D eigenvalue weighted by molar-refractivity contribution is 0.101. The van der Waals surface area contributed by atoms with Crippen LogP contribution in [-0.4, -0.2) is 39.0 Å². The van der Waals surface area contributed by atoms with Crippen LogP contribution in [-0.2, 0) is 6.42 Å². The zero-order valence-corrected chi connectivity index (χ0v) is 24.8. The second kappa shape index (κ2) is 11.4. The average Bonchev–Trinajstić information content (AvgIpc) is 3.66. The van der Waals surface area contributed by atoms with Crippen LogP contribution in [0.3, 0.4) is 0 Å². The Morgan fingerprint density at radius 1 is 1.02 bits per heavy atom. The van der Waals surface area contributed by atoms with E-state index in [-0.39, 0.29) is 18.4 Å². The van der Waals surface area contributed by atoms with Gasteiger partial charge in [0.1, 0.15) is 18.2 Å². The van der Waals surface area contributed by atoms with E-state index < -0.39 is 5.82 Å². The number of carbonyl (C=O) groups excluding carboxylic acids is 2. The topological polar surface area (TPSA) is 138 Å². The van der Waals surface area contributed by atoms with Crippen LogP contribution in [0.5, 0.6) is 0 Å². The van der Waals surface area contributed by atoms with E-state index in [0.29, 0.717) is 62.2 Å². The first-order valence-electron chi connectivity index (χ1n) is 14.1. The number of ketones is 1. The Morgan fingerprint density at radius 2 is 1.87 bits per heavy atom. The van der Waals surface area contributed by atoms with Crippen molar-refractivity contribution in [2.75, 3.05) is 17.3 Å². The van der Waals surface area contributed by atoms with Gasteiger partial charge >= 0.3 is 0 Å². The van der Waals surface area contributed by atoms with Crippen LogP contribution in [0.15, 0.2) is 95.9 Å². The van der Waals surface area contributed by atoms with Crippen LogP contribution in [0.2, 0.25) is 0 Å². The molecule has 0 saturated heterocycles. The molecule has 222 valence electrons. The standard InChI is InChI=1S/C34H26FN7O2S/c1-18(43)29-9-10-30(45-29)23-8-7-21(36)12-28-31(23)42-33(41-28)32-25-13-24(26(35)14-27(25)38-17-39-32)20-11-22(16-37-15-20)40-34(44)19-5-3-2-4-6-19/h2-11,13-16,38H,12,17,36H2,1H3,(H,40,44)(H,41,42). The fourth-order valence-corrected chi connectivity index (χ4v) is 6.28. The third-order valence-corrected chi connectivity index (χ3v) is 8.75. The molecule has 0 bridgehead atoms. The second-order valence-corrected chi connectivity index (χ2v) is 11.7. The Kier molecular flexibility index (Phi) is 7.14. The molecule has 0 saturated carbocycles. The second-order valence-electron chi connectivity index (χ2n) is 10.6. The van der Waals surface area contributed by atoms with Crippen molar-refractivity contribution in [1.82, 2.24) is 15.0 Å². The SMILES string of the molecule is CC(=O)c1ccc(C2=CC=C(N)Cc3[nH]c(C4=NCNc5cc(F)c(-c6cncc(NC(=O)c7ccccc7)c6)cc54)nc32)s1.